The third kappa shape index (κ3) is 3.16. The highest BCUT2D eigenvalue weighted by molar-refractivity contribution is 5.61. The molecule has 0 atom stereocenters. The molecular formula is C13H20N4O3. The lowest BCUT2D eigenvalue weighted by atomic mass is 9.82. The second-order valence-corrected chi connectivity index (χ2v) is 5.20. The number of hydrogen-bond donors (Lipinski definition) is 2. The predicted molar refractivity (Wildman–Crippen MR) is 77.1 cm³/mol. The maximum atomic E-state index is 11.1. The number of anilines is 2. The highest BCUT2D eigenvalue weighted by atomic mass is 16.6. The van der Waals surface area contributed by atoms with Crippen molar-refractivity contribution >= 4 is 17.3 Å². The summed E-state index contributed by atoms with van der Waals surface area (Å²) >= 11 is 0. The summed E-state index contributed by atoms with van der Waals surface area (Å²) in [5.41, 5.74) is 0.00836. The quantitative estimate of drug-likeness (QED) is 0.608. The Bertz CT molecular complexity index is 489. The van der Waals surface area contributed by atoms with Gasteiger partial charge in [0.05, 0.1) is 11.0 Å². The Labute approximate surface area is 117 Å². The van der Waals surface area contributed by atoms with Crippen LogP contribution < -0.4 is 10.2 Å². The Morgan fingerprint density at radius 3 is 2.80 bits per heavy atom. The van der Waals surface area contributed by atoms with Gasteiger partial charge < -0.3 is 15.3 Å². The molecule has 7 nitrogen and oxygen atoms in total. The smallest absolute Gasteiger partial charge is 0.311 e. The zero-order chi connectivity index (χ0) is 14.7. The molecule has 20 heavy (non-hydrogen) atoms. The fourth-order valence-electron chi connectivity index (χ4n) is 2.47. The Morgan fingerprint density at radius 1 is 1.55 bits per heavy atom. The summed E-state index contributed by atoms with van der Waals surface area (Å²) in [5, 5.41) is 23.5. The molecular weight excluding hydrogens is 260 g/mol. The lowest BCUT2D eigenvalue weighted by Gasteiger charge is -2.34. The minimum Gasteiger partial charge on any atom is -0.393 e. The molecule has 0 bridgehead atoms. The van der Waals surface area contributed by atoms with Gasteiger partial charge in [0.2, 0.25) is 5.82 Å². The van der Waals surface area contributed by atoms with Crippen LogP contribution in [0.2, 0.25) is 0 Å². The van der Waals surface area contributed by atoms with Gasteiger partial charge in [-0.3, -0.25) is 10.1 Å². The SMILES string of the molecule is CCNc1ccc([N+](=O)[O-])c(N(C)CC2CC(O)C2)n1. The van der Waals surface area contributed by atoms with E-state index in [1.807, 2.05) is 6.92 Å². The molecule has 1 saturated carbocycles. The van der Waals surface area contributed by atoms with Crippen LogP contribution in [0, 0.1) is 16.0 Å². The van der Waals surface area contributed by atoms with Crippen molar-refractivity contribution in [2.24, 2.45) is 5.92 Å². The van der Waals surface area contributed by atoms with Crippen molar-refractivity contribution < 1.29 is 10.0 Å². The van der Waals surface area contributed by atoms with Gasteiger partial charge >= 0.3 is 5.69 Å². The van der Waals surface area contributed by atoms with Gasteiger partial charge in [-0.2, -0.15) is 0 Å². The zero-order valence-corrected chi connectivity index (χ0v) is 11.7. The first-order valence-corrected chi connectivity index (χ1v) is 6.79. The summed E-state index contributed by atoms with van der Waals surface area (Å²) < 4.78 is 0. The molecule has 0 amide bonds. The topological polar surface area (TPSA) is 91.5 Å². The molecule has 2 N–H and O–H groups in total. The van der Waals surface area contributed by atoms with Gasteiger partial charge in [-0.25, -0.2) is 4.98 Å². The van der Waals surface area contributed by atoms with Crippen molar-refractivity contribution in [3.05, 3.63) is 22.2 Å². The molecule has 0 unspecified atom stereocenters. The Kier molecular flexibility index (Phi) is 4.39. The van der Waals surface area contributed by atoms with Gasteiger partial charge in [-0.15, -0.1) is 0 Å². The van der Waals surface area contributed by atoms with E-state index < -0.39 is 4.92 Å². The number of hydrogen-bond acceptors (Lipinski definition) is 6. The lowest BCUT2D eigenvalue weighted by molar-refractivity contribution is -0.384. The summed E-state index contributed by atoms with van der Waals surface area (Å²) in [6.07, 6.45) is 1.29. The molecule has 7 heteroatoms. The molecule has 1 aliphatic carbocycles. The molecule has 0 spiro atoms. The van der Waals surface area contributed by atoms with Crippen molar-refractivity contribution in [1.82, 2.24) is 4.98 Å². The highest BCUT2D eigenvalue weighted by Gasteiger charge is 2.30. The van der Waals surface area contributed by atoms with Crippen LogP contribution in [0.4, 0.5) is 17.3 Å². The van der Waals surface area contributed by atoms with Gasteiger partial charge in [0.25, 0.3) is 0 Å². The summed E-state index contributed by atoms with van der Waals surface area (Å²) in [5.74, 6) is 1.38. The van der Waals surface area contributed by atoms with Crippen LogP contribution in [0.5, 0.6) is 0 Å². The molecule has 1 aromatic heterocycles. The van der Waals surface area contributed by atoms with Gasteiger partial charge in [-0.1, -0.05) is 0 Å². The van der Waals surface area contributed by atoms with Crippen LogP contribution in [-0.2, 0) is 0 Å². The standard InChI is InChI=1S/C13H20N4O3/c1-3-14-12-5-4-11(17(19)20)13(15-12)16(2)8-9-6-10(18)7-9/h4-5,9-10,18H,3,6-8H2,1-2H3,(H,14,15). The van der Waals surface area contributed by atoms with E-state index in [1.165, 1.54) is 6.07 Å². The van der Waals surface area contributed by atoms with Gasteiger partial charge in [0, 0.05) is 26.2 Å². The summed E-state index contributed by atoms with van der Waals surface area (Å²) in [7, 11) is 1.80. The number of nitrogens with one attached hydrogen (secondary N) is 1. The average molecular weight is 280 g/mol. The average Bonchev–Trinajstić information content (AvgIpc) is 2.37. The fraction of sp³-hybridized carbons (Fsp3) is 0.615. The van der Waals surface area contributed by atoms with Gasteiger partial charge in [0.1, 0.15) is 5.82 Å². The molecule has 1 heterocycles. The maximum Gasteiger partial charge on any atom is 0.311 e. The highest BCUT2D eigenvalue weighted by Crippen LogP contribution is 2.32. The van der Waals surface area contributed by atoms with E-state index in [0.717, 1.165) is 12.8 Å². The Balaban J connectivity index is 2.17. The molecule has 1 aromatic rings. The van der Waals surface area contributed by atoms with E-state index in [4.69, 9.17) is 0 Å². The third-order valence-electron chi connectivity index (χ3n) is 3.51. The lowest BCUT2D eigenvalue weighted by Crippen LogP contribution is -2.37. The number of aromatic nitrogens is 1. The minimum atomic E-state index is -0.413. The monoisotopic (exact) mass is 280 g/mol. The van der Waals surface area contributed by atoms with Gasteiger partial charge in [0.15, 0.2) is 0 Å². The van der Waals surface area contributed by atoms with Gasteiger partial charge in [-0.05, 0) is 31.7 Å². The van der Waals surface area contributed by atoms with E-state index in [1.54, 1.807) is 18.0 Å². The number of nitro groups is 1. The second kappa shape index (κ2) is 6.04. The van der Waals surface area contributed by atoms with Crippen molar-refractivity contribution in [3.63, 3.8) is 0 Å². The van der Waals surface area contributed by atoms with Crippen LogP contribution in [0.3, 0.4) is 0 Å². The summed E-state index contributed by atoms with van der Waals surface area (Å²) in [6, 6.07) is 3.10. The second-order valence-electron chi connectivity index (χ2n) is 5.20. The Hall–Kier alpha value is -1.89. The van der Waals surface area contributed by atoms with Crippen LogP contribution in [0.15, 0.2) is 12.1 Å². The minimum absolute atomic E-state index is 0.00836. The first-order valence-electron chi connectivity index (χ1n) is 6.79. The molecule has 1 fully saturated rings. The normalized spacial score (nSPS) is 21.1. The third-order valence-corrected chi connectivity index (χ3v) is 3.51. The molecule has 1 aliphatic rings. The summed E-state index contributed by atoms with van der Waals surface area (Å²) in [6.45, 7) is 3.32. The number of rotatable bonds is 6. The van der Waals surface area contributed by atoms with Crippen molar-refractivity contribution in [2.75, 3.05) is 30.4 Å². The van der Waals surface area contributed by atoms with E-state index in [2.05, 4.69) is 10.3 Å². The van der Waals surface area contributed by atoms with Crippen molar-refractivity contribution in [3.8, 4) is 0 Å². The molecule has 110 valence electrons. The van der Waals surface area contributed by atoms with E-state index in [9.17, 15) is 15.2 Å². The maximum absolute atomic E-state index is 11.1. The largest absolute Gasteiger partial charge is 0.393 e. The Morgan fingerprint density at radius 2 is 2.25 bits per heavy atom. The van der Waals surface area contributed by atoms with Crippen molar-refractivity contribution in [1.29, 1.82) is 0 Å². The molecule has 0 aromatic carbocycles. The van der Waals surface area contributed by atoms with Crippen LogP contribution in [-0.4, -0.2) is 41.3 Å². The van der Waals surface area contributed by atoms with E-state index in [-0.39, 0.29) is 11.8 Å². The first kappa shape index (κ1) is 14.5. The van der Waals surface area contributed by atoms with Crippen LogP contribution >= 0.6 is 0 Å². The van der Waals surface area contributed by atoms with Crippen LogP contribution in [0.25, 0.3) is 0 Å². The molecule has 0 saturated heterocycles. The number of aliphatic hydroxyl groups is 1. The molecule has 2 rings (SSSR count). The van der Waals surface area contributed by atoms with E-state index >= 15 is 0 Å². The number of nitrogens with zero attached hydrogens (tertiary/aromatic N) is 3. The summed E-state index contributed by atoms with van der Waals surface area (Å²) in [4.78, 5) is 16.8. The van der Waals surface area contributed by atoms with E-state index in [0.29, 0.717) is 30.6 Å². The first-order chi connectivity index (χ1) is 9.51. The zero-order valence-electron chi connectivity index (χ0n) is 11.7. The predicted octanol–water partition coefficient (Wildman–Crippen LogP) is 1.63. The van der Waals surface area contributed by atoms with Crippen LogP contribution in [0.1, 0.15) is 19.8 Å². The van der Waals surface area contributed by atoms with Crippen molar-refractivity contribution in [2.45, 2.75) is 25.9 Å². The molecule has 0 aliphatic heterocycles. The number of aliphatic hydroxyl groups excluding tert-OH is 1. The number of pyridine rings is 1. The fourth-order valence-corrected chi connectivity index (χ4v) is 2.47. The molecule has 0 radical (unpaired) electrons.